The number of hydrogen-bond acceptors (Lipinski definition) is 4. The van der Waals surface area contributed by atoms with Gasteiger partial charge in [-0.2, -0.15) is 10.4 Å². The van der Waals surface area contributed by atoms with Gasteiger partial charge in [-0.25, -0.2) is 0 Å². The second kappa shape index (κ2) is 4.18. The van der Waals surface area contributed by atoms with Crippen LogP contribution in [0.2, 0.25) is 0 Å². The number of amides is 1. The van der Waals surface area contributed by atoms with Crippen LogP contribution in [0, 0.1) is 24.2 Å². The predicted molar refractivity (Wildman–Crippen MR) is 60.2 cm³/mol. The van der Waals surface area contributed by atoms with Gasteiger partial charge in [0.15, 0.2) is 5.82 Å². The van der Waals surface area contributed by atoms with Crippen molar-refractivity contribution in [1.82, 2.24) is 9.78 Å². The molecule has 2 heterocycles. The Morgan fingerprint density at radius 2 is 2.35 bits per heavy atom. The molecule has 1 saturated heterocycles. The molecule has 0 aromatic carbocycles. The molecule has 0 aliphatic carbocycles. The summed E-state index contributed by atoms with van der Waals surface area (Å²) in [7, 11) is 1.71. The lowest BCUT2D eigenvalue weighted by Gasteiger charge is -2.16. The lowest BCUT2D eigenvalue weighted by molar-refractivity contribution is -0.117. The van der Waals surface area contributed by atoms with Gasteiger partial charge in [0.25, 0.3) is 0 Å². The average Bonchev–Trinajstić information content (AvgIpc) is 2.78. The van der Waals surface area contributed by atoms with Crippen LogP contribution in [-0.2, 0) is 11.8 Å². The van der Waals surface area contributed by atoms with Crippen LogP contribution in [0.3, 0.4) is 0 Å². The van der Waals surface area contributed by atoms with E-state index in [0.29, 0.717) is 30.0 Å². The number of carbonyl (C=O) groups excluding carboxylic acids is 1. The minimum absolute atomic E-state index is 0.0129. The van der Waals surface area contributed by atoms with Gasteiger partial charge >= 0.3 is 0 Å². The van der Waals surface area contributed by atoms with Gasteiger partial charge in [0.05, 0.1) is 5.69 Å². The number of aliphatic hydroxyl groups is 1. The van der Waals surface area contributed by atoms with Crippen LogP contribution < -0.4 is 4.90 Å². The predicted octanol–water partition coefficient (Wildman–Crippen LogP) is -0.0546. The van der Waals surface area contributed by atoms with Crippen molar-refractivity contribution in [3.8, 4) is 6.07 Å². The second-order valence-electron chi connectivity index (χ2n) is 4.28. The summed E-state index contributed by atoms with van der Waals surface area (Å²) in [4.78, 5) is 13.4. The topological polar surface area (TPSA) is 82.2 Å². The number of anilines is 1. The molecule has 1 fully saturated rings. The summed E-state index contributed by atoms with van der Waals surface area (Å²) < 4.78 is 1.55. The van der Waals surface area contributed by atoms with Gasteiger partial charge in [0.2, 0.25) is 5.91 Å². The Hall–Kier alpha value is -1.87. The molecule has 2 rings (SSSR count). The van der Waals surface area contributed by atoms with Gasteiger partial charge in [-0.3, -0.25) is 14.4 Å². The summed E-state index contributed by atoms with van der Waals surface area (Å²) in [6, 6.07) is 2.08. The summed E-state index contributed by atoms with van der Waals surface area (Å²) >= 11 is 0. The van der Waals surface area contributed by atoms with E-state index < -0.39 is 0 Å². The highest BCUT2D eigenvalue weighted by Gasteiger charge is 2.33. The number of aryl methyl sites for hydroxylation is 2. The zero-order valence-electron chi connectivity index (χ0n) is 9.84. The molecule has 0 saturated carbocycles. The van der Waals surface area contributed by atoms with Gasteiger partial charge in [0, 0.05) is 32.5 Å². The van der Waals surface area contributed by atoms with E-state index in [-0.39, 0.29) is 18.4 Å². The fraction of sp³-hybridized carbons (Fsp3) is 0.545. The first-order valence-electron chi connectivity index (χ1n) is 5.43. The third-order valence-corrected chi connectivity index (χ3v) is 3.02. The highest BCUT2D eigenvalue weighted by Crippen LogP contribution is 2.28. The van der Waals surface area contributed by atoms with Crippen LogP contribution >= 0.6 is 0 Å². The highest BCUT2D eigenvalue weighted by atomic mass is 16.3. The van der Waals surface area contributed by atoms with Gasteiger partial charge in [-0.05, 0) is 6.92 Å². The molecular formula is C11H14N4O2. The first kappa shape index (κ1) is 11.6. The normalized spacial score (nSPS) is 19.8. The van der Waals surface area contributed by atoms with Gasteiger partial charge < -0.3 is 5.11 Å². The molecule has 1 unspecified atom stereocenters. The van der Waals surface area contributed by atoms with Crippen LogP contribution in [0.1, 0.15) is 17.7 Å². The molecule has 6 heteroatoms. The van der Waals surface area contributed by atoms with Crippen molar-refractivity contribution in [2.24, 2.45) is 13.0 Å². The van der Waals surface area contributed by atoms with Crippen LogP contribution in [0.5, 0.6) is 0 Å². The molecule has 1 aromatic rings. The van der Waals surface area contributed by atoms with E-state index in [1.54, 1.807) is 23.6 Å². The fourth-order valence-corrected chi connectivity index (χ4v) is 2.20. The van der Waals surface area contributed by atoms with E-state index in [9.17, 15) is 4.79 Å². The lowest BCUT2D eigenvalue weighted by Crippen LogP contribution is -2.27. The monoisotopic (exact) mass is 234 g/mol. The van der Waals surface area contributed by atoms with Crippen LogP contribution in [-0.4, -0.2) is 33.9 Å². The quantitative estimate of drug-likeness (QED) is 0.777. The Morgan fingerprint density at radius 3 is 2.88 bits per heavy atom. The third kappa shape index (κ3) is 1.78. The summed E-state index contributed by atoms with van der Waals surface area (Å²) in [5, 5.41) is 22.3. The number of nitrogens with zero attached hydrogens (tertiary/aromatic N) is 4. The molecule has 1 aliphatic heterocycles. The summed E-state index contributed by atoms with van der Waals surface area (Å²) in [6.45, 7) is 2.18. The molecule has 6 nitrogen and oxygen atoms in total. The van der Waals surface area contributed by atoms with Gasteiger partial charge in [-0.15, -0.1) is 0 Å². The maximum absolute atomic E-state index is 11.8. The Labute approximate surface area is 99.1 Å². The molecular weight excluding hydrogens is 220 g/mol. The summed E-state index contributed by atoms with van der Waals surface area (Å²) in [5.41, 5.74) is 1.05. The average molecular weight is 234 g/mol. The van der Waals surface area contributed by atoms with E-state index in [2.05, 4.69) is 11.2 Å². The number of hydrogen-bond donors (Lipinski definition) is 1. The number of carbonyl (C=O) groups is 1. The van der Waals surface area contributed by atoms with E-state index in [4.69, 9.17) is 10.4 Å². The molecule has 1 amide bonds. The molecule has 1 N–H and O–H groups in total. The first-order valence-corrected chi connectivity index (χ1v) is 5.43. The van der Waals surface area contributed by atoms with E-state index in [1.165, 1.54) is 0 Å². The Morgan fingerprint density at radius 1 is 1.65 bits per heavy atom. The maximum atomic E-state index is 11.8. The molecule has 1 atom stereocenters. The SMILES string of the molecule is Cc1nn(C)c(N2CC(CO)CC2=O)c1C#N. The molecule has 90 valence electrons. The van der Waals surface area contributed by atoms with Crippen molar-refractivity contribution in [3.05, 3.63) is 11.3 Å². The number of aliphatic hydroxyl groups excluding tert-OH is 1. The molecule has 1 aromatic heterocycles. The first-order chi connectivity index (χ1) is 8.08. The Bertz CT molecular complexity index is 500. The minimum atomic E-state index is -0.0662. The van der Waals surface area contributed by atoms with Crippen LogP contribution in [0.4, 0.5) is 5.82 Å². The molecule has 0 spiro atoms. The van der Waals surface area contributed by atoms with E-state index >= 15 is 0 Å². The molecule has 0 bridgehead atoms. The van der Waals surface area contributed by atoms with Gasteiger partial charge in [-0.1, -0.05) is 0 Å². The zero-order valence-corrected chi connectivity index (χ0v) is 9.84. The smallest absolute Gasteiger partial charge is 0.228 e. The van der Waals surface area contributed by atoms with Crippen LogP contribution in [0.25, 0.3) is 0 Å². The van der Waals surface area contributed by atoms with Gasteiger partial charge in [0.1, 0.15) is 11.6 Å². The van der Waals surface area contributed by atoms with E-state index in [1.807, 2.05) is 0 Å². The number of nitriles is 1. The number of aromatic nitrogens is 2. The van der Waals surface area contributed by atoms with E-state index in [0.717, 1.165) is 0 Å². The second-order valence-corrected chi connectivity index (χ2v) is 4.28. The number of rotatable bonds is 2. The molecule has 0 radical (unpaired) electrons. The van der Waals surface area contributed by atoms with Crippen molar-refractivity contribution < 1.29 is 9.90 Å². The van der Waals surface area contributed by atoms with Crippen molar-refractivity contribution >= 4 is 11.7 Å². The van der Waals surface area contributed by atoms with Crippen molar-refractivity contribution in [2.75, 3.05) is 18.1 Å². The van der Waals surface area contributed by atoms with Crippen molar-refractivity contribution in [2.45, 2.75) is 13.3 Å². The third-order valence-electron chi connectivity index (χ3n) is 3.02. The van der Waals surface area contributed by atoms with Crippen molar-refractivity contribution in [1.29, 1.82) is 5.26 Å². The van der Waals surface area contributed by atoms with Crippen LogP contribution in [0.15, 0.2) is 0 Å². The fourth-order valence-electron chi connectivity index (χ4n) is 2.20. The molecule has 1 aliphatic rings. The Kier molecular flexibility index (Phi) is 2.86. The maximum Gasteiger partial charge on any atom is 0.228 e. The standard InChI is InChI=1S/C11H14N4O2/c1-7-9(4-12)11(14(2)13-7)15-5-8(6-16)3-10(15)17/h8,16H,3,5-6H2,1-2H3. The largest absolute Gasteiger partial charge is 0.396 e. The lowest BCUT2D eigenvalue weighted by atomic mass is 10.1. The summed E-state index contributed by atoms with van der Waals surface area (Å²) in [5.74, 6) is 0.416. The minimum Gasteiger partial charge on any atom is -0.396 e. The van der Waals surface area contributed by atoms with Crippen molar-refractivity contribution in [3.63, 3.8) is 0 Å². The summed E-state index contributed by atoms with van der Waals surface area (Å²) in [6.07, 6.45) is 0.325. The highest BCUT2D eigenvalue weighted by molar-refractivity contribution is 5.96. The molecule has 17 heavy (non-hydrogen) atoms. The zero-order chi connectivity index (χ0) is 12.6. The Balaban J connectivity index is 2.42.